The first-order valence-electron chi connectivity index (χ1n) is 5.31. The molecule has 4 heteroatoms. The van der Waals surface area contributed by atoms with E-state index in [-0.39, 0.29) is 5.91 Å². The van der Waals surface area contributed by atoms with Crippen LogP contribution in [0.4, 0.5) is 5.69 Å². The fraction of sp³-hybridized carbons (Fsp3) is 0. The summed E-state index contributed by atoms with van der Waals surface area (Å²) >= 11 is 3.31. The molecule has 90 valence electrons. The SMILES string of the molecule is O=Cc1cccc(NC(=O)c2ccc(Br)cc2)c1. The molecule has 0 radical (unpaired) electrons. The average Bonchev–Trinajstić information content (AvgIpc) is 2.39. The van der Waals surface area contributed by atoms with Gasteiger partial charge in [0.15, 0.2) is 0 Å². The van der Waals surface area contributed by atoms with E-state index in [0.717, 1.165) is 10.8 Å². The normalized spacial score (nSPS) is 9.83. The van der Waals surface area contributed by atoms with Crippen LogP contribution in [0, 0.1) is 0 Å². The molecular weight excluding hydrogens is 294 g/mol. The monoisotopic (exact) mass is 303 g/mol. The molecule has 1 N–H and O–H groups in total. The second-order valence-corrected chi connectivity index (χ2v) is 4.62. The minimum atomic E-state index is -0.203. The van der Waals surface area contributed by atoms with Gasteiger partial charge in [-0.25, -0.2) is 0 Å². The molecule has 0 saturated carbocycles. The molecule has 0 saturated heterocycles. The summed E-state index contributed by atoms with van der Waals surface area (Å²) in [5.41, 5.74) is 1.70. The van der Waals surface area contributed by atoms with E-state index in [9.17, 15) is 9.59 Å². The van der Waals surface area contributed by atoms with Gasteiger partial charge in [0.25, 0.3) is 5.91 Å². The number of carbonyl (C=O) groups excluding carboxylic acids is 2. The third-order valence-corrected chi connectivity index (χ3v) is 2.92. The fourth-order valence-electron chi connectivity index (χ4n) is 1.49. The zero-order chi connectivity index (χ0) is 13.0. The van der Waals surface area contributed by atoms with Crippen molar-refractivity contribution in [2.24, 2.45) is 0 Å². The number of hydrogen-bond acceptors (Lipinski definition) is 2. The van der Waals surface area contributed by atoms with E-state index in [1.807, 2.05) is 0 Å². The summed E-state index contributed by atoms with van der Waals surface area (Å²) in [5, 5.41) is 2.74. The lowest BCUT2D eigenvalue weighted by atomic mass is 10.2. The number of benzene rings is 2. The van der Waals surface area contributed by atoms with E-state index in [4.69, 9.17) is 0 Å². The quantitative estimate of drug-likeness (QED) is 0.882. The van der Waals surface area contributed by atoms with Crippen molar-refractivity contribution in [1.82, 2.24) is 0 Å². The van der Waals surface area contributed by atoms with Gasteiger partial charge in [0, 0.05) is 21.3 Å². The van der Waals surface area contributed by atoms with Crippen LogP contribution in [-0.2, 0) is 0 Å². The van der Waals surface area contributed by atoms with Gasteiger partial charge in [-0.1, -0.05) is 28.1 Å². The Kier molecular flexibility index (Phi) is 3.89. The van der Waals surface area contributed by atoms with Crippen LogP contribution >= 0.6 is 15.9 Å². The summed E-state index contributed by atoms with van der Waals surface area (Å²) < 4.78 is 0.919. The highest BCUT2D eigenvalue weighted by Gasteiger charge is 2.05. The topological polar surface area (TPSA) is 46.2 Å². The van der Waals surface area contributed by atoms with Crippen LogP contribution in [0.5, 0.6) is 0 Å². The van der Waals surface area contributed by atoms with Crippen LogP contribution in [0.3, 0.4) is 0 Å². The van der Waals surface area contributed by atoms with E-state index >= 15 is 0 Å². The molecule has 0 spiro atoms. The number of hydrogen-bond donors (Lipinski definition) is 1. The fourth-order valence-corrected chi connectivity index (χ4v) is 1.76. The number of amides is 1. The second-order valence-electron chi connectivity index (χ2n) is 3.70. The molecule has 0 bridgehead atoms. The van der Waals surface area contributed by atoms with Crippen molar-refractivity contribution in [2.45, 2.75) is 0 Å². The second kappa shape index (κ2) is 5.60. The van der Waals surface area contributed by atoms with Gasteiger partial charge in [0.2, 0.25) is 0 Å². The molecule has 2 aromatic carbocycles. The van der Waals surface area contributed by atoms with Crippen molar-refractivity contribution in [3.8, 4) is 0 Å². The lowest BCUT2D eigenvalue weighted by Gasteiger charge is -2.05. The van der Waals surface area contributed by atoms with E-state index in [1.54, 1.807) is 48.5 Å². The Bertz CT molecular complexity index is 579. The van der Waals surface area contributed by atoms with Crippen LogP contribution in [-0.4, -0.2) is 12.2 Å². The van der Waals surface area contributed by atoms with Gasteiger partial charge in [-0.05, 0) is 36.4 Å². The summed E-state index contributed by atoms with van der Waals surface area (Å²) in [7, 11) is 0. The largest absolute Gasteiger partial charge is 0.322 e. The molecule has 0 heterocycles. The van der Waals surface area contributed by atoms with Crippen LogP contribution in [0.25, 0.3) is 0 Å². The maximum Gasteiger partial charge on any atom is 0.255 e. The molecule has 3 nitrogen and oxygen atoms in total. The van der Waals surface area contributed by atoms with Gasteiger partial charge in [-0.3, -0.25) is 9.59 Å². The number of rotatable bonds is 3. The van der Waals surface area contributed by atoms with E-state index in [2.05, 4.69) is 21.2 Å². The van der Waals surface area contributed by atoms with E-state index in [1.165, 1.54) is 0 Å². The summed E-state index contributed by atoms with van der Waals surface area (Å²) in [6.07, 6.45) is 0.745. The molecule has 0 unspecified atom stereocenters. The molecule has 0 atom stereocenters. The van der Waals surface area contributed by atoms with Crippen molar-refractivity contribution < 1.29 is 9.59 Å². The molecule has 0 aliphatic carbocycles. The summed E-state index contributed by atoms with van der Waals surface area (Å²) in [4.78, 5) is 22.5. The predicted octanol–water partition coefficient (Wildman–Crippen LogP) is 3.51. The molecule has 1 amide bonds. The molecule has 0 aromatic heterocycles. The first kappa shape index (κ1) is 12.5. The number of aldehydes is 1. The van der Waals surface area contributed by atoms with Gasteiger partial charge in [-0.15, -0.1) is 0 Å². The van der Waals surface area contributed by atoms with E-state index in [0.29, 0.717) is 16.8 Å². The Morgan fingerprint density at radius 3 is 2.50 bits per heavy atom. The molecule has 0 aliphatic rings. The van der Waals surface area contributed by atoms with E-state index < -0.39 is 0 Å². The van der Waals surface area contributed by atoms with Crippen molar-refractivity contribution in [3.63, 3.8) is 0 Å². The van der Waals surface area contributed by atoms with Gasteiger partial charge in [0.1, 0.15) is 6.29 Å². The molecule has 18 heavy (non-hydrogen) atoms. The Morgan fingerprint density at radius 1 is 1.11 bits per heavy atom. The number of carbonyl (C=O) groups is 2. The highest BCUT2D eigenvalue weighted by atomic mass is 79.9. The maximum absolute atomic E-state index is 11.9. The van der Waals surface area contributed by atoms with Crippen LogP contribution < -0.4 is 5.32 Å². The van der Waals surface area contributed by atoms with Crippen LogP contribution in [0.1, 0.15) is 20.7 Å². The Hall–Kier alpha value is -1.94. The number of halogens is 1. The summed E-state index contributed by atoms with van der Waals surface area (Å²) in [5.74, 6) is -0.203. The highest BCUT2D eigenvalue weighted by Crippen LogP contribution is 2.14. The first-order chi connectivity index (χ1) is 8.69. The minimum Gasteiger partial charge on any atom is -0.322 e. The Labute approximate surface area is 113 Å². The molecule has 0 fully saturated rings. The lowest BCUT2D eigenvalue weighted by molar-refractivity contribution is 0.102. The molecule has 2 aromatic rings. The standard InChI is InChI=1S/C14H10BrNO2/c15-12-6-4-11(5-7-12)14(18)16-13-3-1-2-10(8-13)9-17/h1-9H,(H,16,18). The van der Waals surface area contributed by atoms with Crippen LogP contribution in [0.15, 0.2) is 53.0 Å². The van der Waals surface area contributed by atoms with Gasteiger partial charge >= 0.3 is 0 Å². The third-order valence-electron chi connectivity index (χ3n) is 2.39. The van der Waals surface area contributed by atoms with Crippen molar-refractivity contribution >= 4 is 33.8 Å². The van der Waals surface area contributed by atoms with Crippen molar-refractivity contribution in [2.75, 3.05) is 5.32 Å². The lowest BCUT2D eigenvalue weighted by Crippen LogP contribution is -2.11. The van der Waals surface area contributed by atoms with Crippen molar-refractivity contribution in [1.29, 1.82) is 0 Å². The maximum atomic E-state index is 11.9. The predicted molar refractivity (Wildman–Crippen MR) is 73.9 cm³/mol. The minimum absolute atomic E-state index is 0.203. The molecule has 0 aliphatic heterocycles. The molecule has 2 rings (SSSR count). The molecular formula is C14H10BrNO2. The summed E-state index contributed by atoms with van der Waals surface area (Å²) in [6, 6.07) is 13.8. The number of anilines is 1. The highest BCUT2D eigenvalue weighted by molar-refractivity contribution is 9.10. The average molecular weight is 304 g/mol. The van der Waals surface area contributed by atoms with Gasteiger partial charge in [0.05, 0.1) is 0 Å². The zero-order valence-electron chi connectivity index (χ0n) is 9.39. The Balaban J connectivity index is 2.15. The summed E-state index contributed by atoms with van der Waals surface area (Å²) in [6.45, 7) is 0. The third kappa shape index (κ3) is 3.05. The van der Waals surface area contributed by atoms with Gasteiger partial charge < -0.3 is 5.32 Å². The first-order valence-corrected chi connectivity index (χ1v) is 6.10. The Morgan fingerprint density at radius 2 is 1.83 bits per heavy atom. The smallest absolute Gasteiger partial charge is 0.255 e. The van der Waals surface area contributed by atoms with Crippen LogP contribution in [0.2, 0.25) is 0 Å². The zero-order valence-corrected chi connectivity index (χ0v) is 11.0. The van der Waals surface area contributed by atoms with Crippen molar-refractivity contribution in [3.05, 3.63) is 64.1 Å². The van der Waals surface area contributed by atoms with Gasteiger partial charge in [-0.2, -0.15) is 0 Å². The number of nitrogens with one attached hydrogen (secondary N) is 1.